The molecule has 5 heteroatoms. The highest BCUT2D eigenvalue weighted by Crippen LogP contribution is 2.74. The maximum Gasteiger partial charge on any atom is 0.573 e. The largest absolute Gasteiger partial charge is 0.573 e. The minimum atomic E-state index is -4.73. The van der Waals surface area contributed by atoms with Gasteiger partial charge in [0.05, 0.1) is 0 Å². The first kappa shape index (κ1) is 14.5. The molecule has 0 aliphatic heterocycles. The van der Waals surface area contributed by atoms with Crippen LogP contribution in [0.4, 0.5) is 17.6 Å². The molecule has 0 amide bonds. The van der Waals surface area contributed by atoms with Gasteiger partial charge >= 0.3 is 6.36 Å². The summed E-state index contributed by atoms with van der Waals surface area (Å²) in [5.41, 5.74) is 2.93. The Hall–Kier alpha value is -2.04. The van der Waals surface area contributed by atoms with E-state index in [-0.39, 0.29) is 11.6 Å². The molecule has 0 heterocycles. The van der Waals surface area contributed by atoms with Crippen LogP contribution >= 0.6 is 0 Å². The van der Waals surface area contributed by atoms with Crippen molar-refractivity contribution in [1.82, 2.24) is 0 Å². The Bertz CT molecular complexity index is 756. The van der Waals surface area contributed by atoms with Gasteiger partial charge in [-0.1, -0.05) is 18.2 Å². The van der Waals surface area contributed by atoms with Crippen molar-refractivity contribution < 1.29 is 22.3 Å². The summed E-state index contributed by atoms with van der Waals surface area (Å²) in [6.07, 6.45) is -3.52. The highest BCUT2D eigenvalue weighted by molar-refractivity contribution is 5.71. The number of benzene rings is 2. The molecule has 0 N–H and O–H groups in total. The first-order valence-electron chi connectivity index (χ1n) is 7.50. The van der Waals surface area contributed by atoms with Gasteiger partial charge in [-0.15, -0.1) is 13.2 Å². The van der Waals surface area contributed by atoms with Crippen LogP contribution in [0.25, 0.3) is 11.1 Å². The lowest BCUT2D eigenvalue weighted by atomic mass is 9.91. The van der Waals surface area contributed by atoms with Gasteiger partial charge in [0.1, 0.15) is 11.6 Å². The van der Waals surface area contributed by atoms with Crippen LogP contribution < -0.4 is 4.74 Å². The molecule has 3 atom stereocenters. The van der Waals surface area contributed by atoms with E-state index in [2.05, 4.69) is 4.74 Å². The predicted molar refractivity (Wildman–Crippen MR) is 77.6 cm³/mol. The third-order valence-corrected chi connectivity index (χ3v) is 4.67. The van der Waals surface area contributed by atoms with Crippen LogP contribution in [-0.4, -0.2) is 6.36 Å². The lowest BCUT2D eigenvalue weighted by molar-refractivity contribution is -0.274. The van der Waals surface area contributed by atoms with E-state index in [9.17, 15) is 17.6 Å². The minimum Gasteiger partial charge on any atom is -0.406 e. The molecule has 2 aliphatic carbocycles. The van der Waals surface area contributed by atoms with Crippen molar-refractivity contribution in [1.29, 1.82) is 0 Å². The smallest absolute Gasteiger partial charge is 0.406 e. The zero-order valence-electron chi connectivity index (χ0n) is 12.3. The number of alkyl halides is 3. The fourth-order valence-electron chi connectivity index (χ4n) is 3.40. The minimum absolute atomic E-state index is 0.301. The van der Waals surface area contributed by atoms with Crippen LogP contribution in [-0.2, 0) is 0 Å². The number of rotatable bonds is 3. The van der Waals surface area contributed by atoms with E-state index in [1.165, 1.54) is 36.8 Å². The molecule has 0 aromatic heterocycles. The third kappa shape index (κ3) is 2.69. The average molecular weight is 322 g/mol. The number of ether oxygens (including phenoxy) is 1. The first-order valence-corrected chi connectivity index (χ1v) is 7.50. The molecular weight excluding hydrogens is 308 g/mol. The number of hydrogen-bond donors (Lipinski definition) is 0. The van der Waals surface area contributed by atoms with Crippen molar-refractivity contribution in [2.24, 2.45) is 11.8 Å². The maximum atomic E-state index is 14.5. The molecule has 23 heavy (non-hydrogen) atoms. The van der Waals surface area contributed by atoms with Crippen LogP contribution in [0, 0.1) is 24.6 Å². The van der Waals surface area contributed by atoms with Gasteiger partial charge in [0.15, 0.2) is 0 Å². The third-order valence-electron chi connectivity index (χ3n) is 4.67. The zero-order valence-corrected chi connectivity index (χ0v) is 12.3. The van der Waals surface area contributed by atoms with E-state index in [1.807, 2.05) is 13.0 Å². The first-order chi connectivity index (χ1) is 10.8. The monoisotopic (exact) mass is 322 g/mol. The van der Waals surface area contributed by atoms with E-state index < -0.39 is 6.36 Å². The highest BCUT2D eigenvalue weighted by Gasteiger charge is 2.65. The summed E-state index contributed by atoms with van der Waals surface area (Å²) >= 11 is 0. The SMILES string of the molecule is Cc1cc(F)c(-c2ccc(OC(F)(F)F)cc2)c(C2C3C[C@@H]32)c1. The van der Waals surface area contributed by atoms with Gasteiger partial charge in [-0.3, -0.25) is 0 Å². The Labute approximate surface area is 130 Å². The summed E-state index contributed by atoms with van der Waals surface area (Å²) in [6, 6.07) is 8.86. The topological polar surface area (TPSA) is 9.23 Å². The van der Waals surface area contributed by atoms with Crippen LogP contribution in [0.1, 0.15) is 23.5 Å². The van der Waals surface area contributed by atoms with Crippen molar-refractivity contribution in [3.05, 3.63) is 53.3 Å². The maximum absolute atomic E-state index is 14.5. The number of aryl methyl sites for hydroxylation is 1. The quantitative estimate of drug-likeness (QED) is 0.684. The van der Waals surface area contributed by atoms with E-state index in [0.29, 0.717) is 28.9 Å². The molecule has 2 unspecified atom stereocenters. The molecule has 120 valence electrons. The summed E-state index contributed by atoms with van der Waals surface area (Å²) in [6.45, 7) is 1.85. The van der Waals surface area contributed by atoms with Gasteiger partial charge in [0.2, 0.25) is 0 Å². The van der Waals surface area contributed by atoms with Crippen LogP contribution in [0.3, 0.4) is 0 Å². The zero-order chi connectivity index (χ0) is 16.4. The highest BCUT2D eigenvalue weighted by atomic mass is 19.4. The molecule has 0 saturated heterocycles. The van der Waals surface area contributed by atoms with E-state index in [4.69, 9.17) is 0 Å². The second-order valence-corrected chi connectivity index (χ2v) is 6.37. The molecule has 0 spiro atoms. The Morgan fingerprint density at radius 2 is 1.70 bits per heavy atom. The molecule has 2 fully saturated rings. The second kappa shape index (κ2) is 4.73. The Kier molecular flexibility index (Phi) is 2.99. The van der Waals surface area contributed by atoms with Crippen molar-refractivity contribution in [3.63, 3.8) is 0 Å². The number of halogens is 4. The van der Waals surface area contributed by atoms with Gasteiger partial charge in [-0.05, 0) is 66.0 Å². The molecular formula is C18H14F4O. The normalized spacial score (nSPS) is 25.0. The van der Waals surface area contributed by atoms with Gasteiger partial charge < -0.3 is 4.74 Å². The number of hydrogen-bond acceptors (Lipinski definition) is 1. The molecule has 4 rings (SSSR count). The fourth-order valence-corrected chi connectivity index (χ4v) is 3.40. The summed E-state index contributed by atoms with van der Waals surface area (Å²) in [4.78, 5) is 0. The van der Waals surface area contributed by atoms with E-state index in [0.717, 1.165) is 11.1 Å². The molecule has 2 saturated carbocycles. The molecule has 2 aromatic carbocycles. The standard InChI is InChI=1S/C18H14F4O/c1-9-6-14(17-12-8-13(12)17)16(15(19)7-9)10-2-4-11(5-3-10)23-18(20,21)22/h2-7,12-13,17H,8H2,1H3/t12-,13?,17?/m0/s1. The number of fused-ring (bicyclic) bond motifs is 1. The predicted octanol–water partition coefficient (Wildman–Crippen LogP) is 5.43. The summed E-state index contributed by atoms with van der Waals surface area (Å²) in [5.74, 6) is 1.12. The fraction of sp³-hybridized carbons (Fsp3) is 0.333. The average Bonchev–Trinajstić information content (AvgIpc) is 3.28. The Morgan fingerprint density at radius 3 is 2.22 bits per heavy atom. The summed E-state index contributed by atoms with van der Waals surface area (Å²) in [7, 11) is 0. The van der Waals surface area contributed by atoms with E-state index >= 15 is 0 Å². The van der Waals surface area contributed by atoms with E-state index in [1.54, 1.807) is 0 Å². The molecule has 1 nitrogen and oxygen atoms in total. The van der Waals surface area contributed by atoms with Crippen molar-refractivity contribution in [3.8, 4) is 16.9 Å². The van der Waals surface area contributed by atoms with Crippen molar-refractivity contribution in [2.75, 3.05) is 0 Å². The molecule has 2 aliphatic rings. The van der Waals surface area contributed by atoms with Crippen LogP contribution in [0.2, 0.25) is 0 Å². The van der Waals surface area contributed by atoms with Crippen molar-refractivity contribution in [2.45, 2.75) is 25.6 Å². The molecule has 0 bridgehead atoms. The van der Waals surface area contributed by atoms with Gasteiger partial charge in [0, 0.05) is 5.56 Å². The Balaban J connectivity index is 1.70. The van der Waals surface area contributed by atoms with Crippen LogP contribution in [0.5, 0.6) is 5.75 Å². The summed E-state index contributed by atoms with van der Waals surface area (Å²) in [5, 5.41) is 0. The van der Waals surface area contributed by atoms with Crippen LogP contribution in [0.15, 0.2) is 36.4 Å². The van der Waals surface area contributed by atoms with Crippen molar-refractivity contribution >= 4 is 0 Å². The van der Waals surface area contributed by atoms with Gasteiger partial charge in [-0.2, -0.15) is 0 Å². The molecule has 0 radical (unpaired) electrons. The molecule has 2 aromatic rings. The Morgan fingerprint density at radius 1 is 1.04 bits per heavy atom. The lowest BCUT2D eigenvalue weighted by Gasteiger charge is -2.15. The van der Waals surface area contributed by atoms with Gasteiger partial charge in [0.25, 0.3) is 0 Å². The summed E-state index contributed by atoms with van der Waals surface area (Å²) < 4.78 is 55.0. The second-order valence-electron chi connectivity index (χ2n) is 6.37. The van der Waals surface area contributed by atoms with Gasteiger partial charge in [-0.25, -0.2) is 4.39 Å². The lowest BCUT2D eigenvalue weighted by Crippen LogP contribution is -2.16.